The SMILES string of the molecule is CNC(Cc1ccc(F)c(F)c1)c1cccc(I)c1. The first-order valence-electron chi connectivity index (χ1n) is 5.97. The van der Waals surface area contributed by atoms with Crippen LogP contribution in [-0.4, -0.2) is 7.05 Å². The number of nitrogens with one attached hydrogen (secondary N) is 1. The molecule has 4 heteroatoms. The molecule has 0 amide bonds. The van der Waals surface area contributed by atoms with Crippen LogP contribution in [0.3, 0.4) is 0 Å². The molecule has 0 spiro atoms. The highest BCUT2D eigenvalue weighted by molar-refractivity contribution is 14.1. The van der Waals surface area contributed by atoms with Crippen molar-refractivity contribution in [3.8, 4) is 0 Å². The van der Waals surface area contributed by atoms with Gasteiger partial charge in [0.15, 0.2) is 11.6 Å². The van der Waals surface area contributed by atoms with Gasteiger partial charge in [0, 0.05) is 9.61 Å². The molecule has 0 aliphatic carbocycles. The Balaban J connectivity index is 2.21. The number of rotatable bonds is 4. The zero-order chi connectivity index (χ0) is 13.8. The monoisotopic (exact) mass is 373 g/mol. The molecule has 0 heterocycles. The average Bonchev–Trinajstić information content (AvgIpc) is 2.40. The van der Waals surface area contributed by atoms with Gasteiger partial charge >= 0.3 is 0 Å². The Morgan fingerprint density at radius 3 is 2.53 bits per heavy atom. The molecule has 100 valence electrons. The second-order valence-electron chi connectivity index (χ2n) is 4.35. The zero-order valence-corrected chi connectivity index (χ0v) is 12.6. The molecule has 19 heavy (non-hydrogen) atoms. The molecule has 0 saturated carbocycles. The van der Waals surface area contributed by atoms with E-state index in [4.69, 9.17) is 0 Å². The maximum Gasteiger partial charge on any atom is 0.159 e. The number of likely N-dealkylation sites (N-methyl/N-ethyl adjacent to an activating group) is 1. The van der Waals surface area contributed by atoms with Crippen LogP contribution in [-0.2, 0) is 6.42 Å². The molecule has 0 aromatic heterocycles. The second kappa shape index (κ2) is 6.43. The molecular formula is C15H14F2IN. The van der Waals surface area contributed by atoms with Crippen molar-refractivity contribution in [3.63, 3.8) is 0 Å². The van der Waals surface area contributed by atoms with Crippen LogP contribution in [0.4, 0.5) is 8.78 Å². The molecular weight excluding hydrogens is 359 g/mol. The van der Waals surface area contributed by atoms with E-state index in [2.05, 4.69) is 34.0 Å². The van der Waals surface area contributed by atoms with Gasteiger partial charge in [-0.1, -0.05) is 18.2 Å². The van der Waals surface area contributed by atoms with E-state index in [1.807, 2.05) is 25.2 Å². The van der Waals surface area contributed by atoms with E-state index in [0.717, 1.165) is 14.7 Å². The van der Waals surface area contributed by atoms with Gasteiger partial charge < -0.3 is 5.32 Å². The van der Waals surface area contributed by atoms with Crippen molar-refractivity contribution in [2.75, 3.05) is 7.05 Å². The third-order valence-corrected chi connectivity index (χ3v) is 3.69. The van der Waals surface area contributed by atoms with Crippen LogP contribution in [0.1, 0.15) is 17.2 Å². The molecule has 2 aromatic rings. The summed E-state index contributed by atoms with van der Waals surface area (Å²) >= 11 is 2.26. The molecule has 1 unspecified atom stereocenters. The van der Waals surface area contributed by atoms with E-state index >= 15 is 0 Å². The first-order valence-corrected chi connectivity index (χ1v) is 7.04. The molecule has 0 aliphatic rings. The largest absolute Gasteiger partial charge is 0.313 e. The zero-order valence-electron chi connectivity index (χ0n) is 10.5. The lowest BCUT2D eigenvalue weighted by molar-refractivity contribution is 0.504. The standard InChI is InChI=1S/C15H14F2IN/c1-19-15(11-3-2-4-12(18)9-11)8-10-5-6-13(16)14(17)7-10/h2-7,9,15,19H,8H2,1H3. The molecule has 0 fully saturated rings. The van der Waals surface area contributed by atoms with Crippen molar-refractivity contribution in [2.45, 2.75) is 12.5 Å². The topological polar surface area (TPSA) is 12.0 Å². The first-order chi connectivity index (χ1) is 9.10. The summed E-state index contributed by atoms with van der Waals surface area (Å²) in [6.07, 6.45) is 0.619. The first kappa shape index (κ1) is 14.4. The lowest BCUT2D eigenvalue weighted by Crippen LogP contribution is -2.19. The summed E-state index contributed by atoms with van der Waals surface area (Å²) in [4.78, 5) is 0. The smallest absolute Gasteiger partial charge is 0.159 e. The third-order valence-electron chi connectivity index (χ3n) is 3.02. The van der Waals surface area contributed by atoms with Gasteiger partial charge in [0.25, 0.3) is 0 Å². The van der Waals surface area contributed by atoms with Crippen molar-refractivity contribution in [1.82, 2.24) is 5.32 Å². The quantitative estimate of drug-likeness (QED) is 0.797. The van der Waals surface area contributed by atoms with E-state index < -0.39 is 11.6 Å². The van der Waals surface area contributed by atoms with Crippen molar-refractivity contribution in [2.24, 2.45) is 0 Å². The van der Waals surface area contributed by atoms with E-state index in [1.165, 1.54) is 12.1 Å². The van der Waals surface area contributed by atoms with Crippen molar-refractivity contribution >= 4 is 22.6 Å². The van der Waals surface area contributed by atoms with E-state index in [1.54, 1.807) is 6.07 Å². The van der Waals surface area contributed by atoms with E-state index in [0.29, 0.717) is 6.42 Å². The number of hydrogen-bond donors (Lipinski definition) is 1. The van der Waals surface area contributed by atoms with Crippen LogP contribution in [0, 0.1) is 15.2 Å². The fraction of sp³-hybridized carbons (Fsp3) is 0.200. The second-order valence-corrected chi connectivity index (χ2v) is 5.59. The molecule has 0 bridgehead atoms. The maximum atomic E-state index is 13.2. The lowest BCUT2D eigenvalue weighted by atomic mass is 9.99. The van der Waals surface area contributed by atoms with Crippen molar-refractivity contribution < 1.29 is 8.78 Å². The predicted molar refractivity (Wildman–Crippen MR) is 81.0 cm³/mol. The normalized spacial score (nSPS) is 12.4. The van der Waals surface area contributed by atoms with Crippen LogP contribution < -0.4 is 5.32 Å². The van der Waals surface area contributed by atoms with E-state index in [-0.39, 0.29) is 6.04 Å². The van der Waals surface area contributed by atoms with Crippen LogP contribution in [0.2, 0.25) is 0 Å². The minimum Gasteiger partial charge on any atom is -0.313 e. The summed E-state index contributed by atoms with van der Waals surface area (Å²) < 4.78 is 27.3. The highest BCUT2D eigenvalue weighted by atomic mass is 127. The summed E-state index contributed by atoms with van der Waals surface area (Å²) in [7, 11) is 1.87. The highest BCUT2D eigenvalue weighted by Gasteiger charge is 2.12. The average molecular weight is 373 g/mol. The highest BCUT2D eigenvalue weighted by Crippen LogP contribution is 2.21. The van der Waals surface area contributed by atoms with Gasteiger partial charge in [-0.25, -0.2) is 8.78 Å². The molecule has 1 atom stereocenters. The summed E-state index contributed by atoms with van der Waals surface area (Å²) in [6.45, 7) is 0. The predicted octanol–water partition coefficient (Wildman–Crippen LogP) is 4.07. The Morgan fingerprint density at radius 1 is 1.11 bits per heavy atom. The van der Waals surface area contributed by atoms with Gasteiger partial charge in [-0.3, -0.25) is 0 Å². The Bertz CT molecular complexity index is 572. The molecule has 1 nitrogen and oxygen atoms in total. The fourth-order valence-corrected chi connectivity index (χ4v) is 2.58. The Kier molecular flexibility index (Phi) is 4.87. The van der Waals surface area contributed by atoms with Gasteiger partial charge in [-0.15, -0.1) is 0 Å². The minimum atomic E-state index is -0.806. The molecule has 0 radical (unpaired) electrons. The molecule has 1 N–H and O–H groups in total. The lowest BCUT2D eigenvalue weighted by Gasteiger charge is -2.17. The Labute approximate surface area is 125 Å². The minimum absolute atomic E-state index is 0.0829. The van der Waals surface area contributed by atoms with Gasteiger partial charge in [-0.05, 0) is 71.5 Å². The van der Waals surface area contributed by atoms with Crippen LogP contribution in [0.25, 0.3) is 0 Å². The summed E-state index contributed by atoms with van der Waals surface area (Å²) in [6, 6.07) is 12.3. The van der Waals surface area contributed by atoms with Crippen LogP contribution in [0.5, 0.6) is 0 Å². The fourth-order valence-electron chi connectivity index (χ4n) is 2.01. The number of halogens is 3. The Hall–Kier alpha value is -1.01. The Morgan fingerprint density at radius 2 is 1.89 bits per heavy atom. The van der Waals surface area contributed by atoms with Crippen molar-refractivity contribution in [1.29, 1.82) is 0 Å². The maximum absolute atomic E-state index is 13.2. The van der Waals surface area contributed by atoms with Crippen LogP contribution in [0.15, 0.2) is 42.5 Å². The summed E-state index contributed by atoms with van der Waals surface area (Å²) in [5.74, 6) is -1.60. The van der Waals surface area contributed by atoms with Gasteiger partial charge in [0.2, 0.25) is 0 Å². The molecule has 2 rings (SSSR count). The summed E-state index contributed by atoms with van der Waals surface area (Å²) in [5.41, 5.74) is 1.91. The molecule has 0 saturated heterocycles. The number of benzene rings is 2. The van der Waals surface area contributed by atoms with Gasteiger partial charge in [-0.2, -0.15) is 0 Å². The van der Waals surface area contributed by atoms with E-state index in [9.17, 15) is 8.78 Å². The molecule has 2 aromatic carbocycles. The summed E-state index contributed by atoms with van der Waals surface area (Å²) in [5, 5.41) is 3.21. The van der Waals surface area contributed by atoms with Crippen molar-refractivity contribution in [3.05, 3.63) is 68.8 Å². The number of hydrogen-bond acceptors (Lipinski definition) is 1. The third kappa shape index (κ3) is 3.73. The van der Waals surface area contributed by atoms with Gasteiger partial charge in [0.05, 0.1) is 0 Å². The van der Waals surface area contributed by atoms with Crippen LogP contribution >= 0.6 is 22.6 Å². The van der Waals surface area contributed by atoms with Gasteiger partial charge in [0.1, 0.15) is 0 Å². The molecule has 0 aliphatic heterocycles.